The summed E-state index contributed by atoms with van der Waals surface area (Å²) in [6, 6.07) is 14.9. The molecule has 0 aliphatic rings. The fourth-order valence-corrected chi connectivity index (χ4v) is 4.39. The average molecular weight is 461 g/mol. The van der Waals surface area contributed by atoms with Crippen LogP contribution in [0.3, 0.4) is 0 Å². The van der Waals surface area contributed by atoms with Crippen molar-refractivity contribution in [2.75, 3.05) is 0 Å². The summed E-state index contributed by atoms with van der Waals surface area (Å²) >= 11 is 1.42. The Balaban J connectivity index is 1.43. The average Bonchev–Trinajstić information content (AvgIpc) is 3.25. The predicted molar refractivity (Wildman–Crippen MR) is 130 cm³/mol. The van der Waals surface area contributed by atoms with Crippen LogP contribution in [0.2, 0.25) is 0 Å². The van der Waals surface area contributed by atoms with Gasteiger partial charge < -0.3 is 5.32 Å². The maximum atomic E-state index is 13.1. The molecule has 0 fully saturated rings. The van der Waals surface area contributed by atoms with Crippen molar-refractivity contribution < 1.29 is 9.59 Å². The summed E-state index contributed by atoms with van der Waals surface area (Å²) in [5, 5.41) is 7.43. The Kier molecular flexibility index (Phi) is 6.65. The smallest absolute Gasteiger partial charge is 0.321 e. The molecule has 0 bridgehead atoms. The number of rotatable bonds is 6. The number of urea groups is 1. The molecule has 0 saturated heterocycles. The third kappa shape index (κ3) is 5.18. The molecule has 0 atom stereocenters. The molecule has 3 amide bonds. The number of aryl methyl sites for hydroxylation is 3. The molecule has 4 rings (SSSR count). The van der Waals surface area contributed by atoms with Gasteiger partial charge in [-0.3, -0.25) is 19.5 Å². The molecular weight excluding hydrogens is 436 g/mol. The molecule has 33 heavy (non-hydrogen) atoms. The molecule has 7 nitrogen and oxygen atoms in total. The number of aromatic nitrogens is 2. The number of imide groups is 1. The van der Waals surface area contributed by atoms with Crippen LogP contribution in [0.1, 0.15) is 23.1 Å². The van der Waals surface area contributed by atoms with E-state index in [1.807, 2.05) is 61.7 Å². The van der Waals surface area contributed by atoms with Crippen molar-refractivity contribution in [3.63, 3.8) is 0 Å². The first-order chi connectivity index (χ1) is 15.9. The van der Waals surface area contributed by atoms with Crippen molar-refractivity contribution in [1.29, 1.82) is 0 Å². The summed E-state index contributed by atoms with van der Waals surface area (Å²) in [6.45, 7) is 4.53. The molecule has 168 valence electrons. The van der Waals surface area contributed by atoms with Gasteiger partial charge in [0.1, 0.15) is 4.83 Å². The van der Waals surface area contributed by atoms with Crippen molar-refractivity contribution in [3.05, 3.63) is 87.3 Å². The number of fused-ring (bicyclic) bond motifs is 1. The van der Waals surface area contributed by atoms with Gasteiger partial charge in [0.05, 0.1) is 11.7 Å². The lowest BCUT2D eigenvalue weighted by molar-refractivity contribution is -0.120. The minimum absolute atomic E-state index is 0.0189. The summed E-state index contributed by atoms with van der Waals surface area (Å²) in [7, 11) is 0. The van der Waals surface area contributed by atoms with Gasteiger partial charge >= 0.3 is 6.03 Å². The van der Waals surface area contributed by atoms with E-state index in [1.165, 1.54) is 27.8 Å². The highest BCUT2D eigenvalue weighted by Gasteiger charge is 2.15. The summed E-state index contributed by atoms with van der Waals surface area (Å²) < 4.78 is 1.42. The van der Waals surface area contributed by atoms with Crippen LogP contribution < -0.4 is 16.2 Å². The molecule has 0 spiro atoms. The van der Waals surface area contributed by atoms with Crippen molar-refractivity contribution in [3.8, 4) is 11.1 Å². The van der Waals surface area contributed by atoms with E-state index in [4.69, 9.17) is 0 Å². The van der Waals surface area contributed by atoms with Crippen LogP contribution in [-0.4, -0.2) is 21.5 Å². The number of carbonyl (C=O) groups excluding carboxylic acids is 2. The third-order valence-corrected chi connectivity index (χ3v) is 6.39. The Bertz CT molecular complexity index is 1380. The molecule has 2 aromatic carbocycles. The maximum absolute atomic E-state index is 13.1. The molecule has 0 unspecified atom stereocenters. The van der Waals surface area contributed by atoms with Crippen LogP contribution >= 0.6 is 11.3 Å². The van der Waals surface area contributed by atoms with Crippen LogP contribution in [-0.2, 0) is 17.9 Å². The number of thiophene rings is 1. The Hall–Kier alpha value is -3.78. The summed E-state index contributed by atoms with van der Waals surface area (Å²) in [5.41, 5.74) is 4.88. The maximum Gasteiger partial charge on any atom is 0.321 e. The second kappa shape index (κ2) is 9.79. The third-order valence-electron chi connectivity index (χ3n) is 5.51. The van der Waals surface area contributed by atoms with E-state index in [9.17, 15) is 14.4 Å². The number of hydrogen-bond acceptors (Lipinski definition) is 5. The molecular formula is C25H24N4O3S. The molecule has 2 N–H and O–H groups in total. The largest absolute Gasteiger partial charge is 0.334 e. The van der Waals surface area contributed by atoms with Gasteiger partial charge in [-0.1, -0.05) is 48.5 Å². The van der Waals surface area contributed by atoms with Crippen LogP contribution in [0.25, 0.3) is 21.3 Å². The van der Waals surface area contributed by atoms with E-state index < -0.39 is 11.9 Å². The van der Waals surface area contributed by atoms with Crippen LogP contribution in [0, 0.1) is 13.8 Å². The van der Waals surface area contributed by atoms with Gasteiger partial charge in [-0.15, -0.1) is 11.3 Å². The normalized spacial score (nSPS) is 10.8. The first-order valence-corrected chi connectivity index (χ1v) is 11.5. The van der Waals surface area contributed by atoms with Crippen LogP contribution in [0.5, 0.6) is 0 Å². The first-order valence-electron chi connectivity index (χ1n) is 10.6. The zero-order valence-corrected chi connectivity index (χ0v) is 19.2. The van der Waals surface area contributed by atoms with Gasteiger partial charge in [0, 0.05) is 30.5 Å². The Labute approximate surface area is 195 Å². The second-order valence-electron chi connectivity index (χ2n) is 7.84. The van der Waals surface area contributed by atoms with Crippen molar-refractivity contribution >= 4 is 33.5 Å². The van der Waals surface area contributed by atoms with Gasteiger partial charge in [-0.05, 0) is 36.1 Å². The van der Waals surface area contributed by atoms with Crippen molar-refractivity contribution in [2.45, 2.75) is 33.4 Å². The molecule has 0 aliphatic carbocycles. The highest BCUT2D eigenvalue weighted by molar-refractivity contribution is 7.17. The van der Waals surface area contributed by atoms with Crippen molar-refractivity contribution in [2.24, 2.45) is 0 Å². The first kappa shape index (κ1) is 22.4. The Morgan fingerprint density at radius 3 is 2.61 bits per heavy atom. The summed E-state index contributed by atoms with van der Waals surface area (Å²) in [6.07, 6.45) is 1.43. The summed E-state index contributed by atoms with van der Waals surface area (Å²) in [5.74, 6) is -0.465. The standard InChI is InChI=1S/C25H24N4O3S/c1-16-8-9-19(12-17(16)2)20-14-33-23-22(20)24(31)29(15-27-23)11-10-21(30)28-25(32)26-13-18-6-4-3-5-7-18/h3-9,12,14-15H,10-11,13H2,1-2H3,(H2,26,28,30,32). The fraction of sp³-hybridized carbons (Fsp3) is 0.200. The molecule has 0 aliphatic heterocycles. The number of nitrogens with one attached hydrogen (secondary N) is 2. The highest BCUT2D eigenvalue weighted by atomic mass is 32.1. The van der Waals surface area contributed by atoms with Gasteiger partial charge in [0.25, 0.3) is 5.56 Å². The molecule has 0 radical (unpaired) electrons. The molecule has 8 heteroatoms. The lowest BCUT2D eigenvalue weighted by Gasteiger charge is -2.09. The van der Waals surface area contributed by atoms with E-state index in [2.05, 4.69) is 21.7 Å². The van der Waals surface area contributed by atoms with E-state index >= 15 is 0 Å². The second-order valence-corrected chi connectivity index (χ2v) is 8.70. The number of nitrogens with zero attached hydrogens (tertiary/aromatic N) is 2. The number of benzene rings is 2. The van der Waals surface area contributed by atoms with E-state index in [1.54, 1.807) is 0 Å². The SMILES string of the molecule is Cc1ccc(-c2csc3ncn(CCC(=O)NC(=O)NCc4ccccc4)c(=O)c23)cc1C. The zero-order chi connectivity index (χ0) is 23.4. The minimum Gasteiger partial charge on any atom is -0.334 e. The van der Waals surface area contributed by atoms with E-state index in [0.717, 1.165) is 22.3 Å². The van der Waals surface area contributed by atoms with Gasteiger partial charge in [0.15, 0.2) is 0 Å². The monoisotopic (exact) mass is 460 g/mol. The fourth-order valence-electron chi connectivity index (χ4n) is 3.48. The van der Waals surface area contributed by atoms with Gasteiger partial charge in [0.2, 0.25) is 5.91 Å². The van der Waals surface area contributed by atoms with Crippen molar-refractivity contribution in [1.82, 2.24) is 20.2 Å². The van der Waals surface area contributed by atoms with Crippen LogP contribution in [0.4, 0.5) is 4.79 Å². The van der Waals surface area contributed by atoms with Crippen LogP contribution in [0.15, 0.2) is 65.0 Å². The molecule has 0 saturated carbocycles. The Morgan fingerprint density at radius 2 is 1.85 bits per heavy atom. The number of carbonyl (C=O) groups is 2. The lowest BCUT2D eigenvalue weighted by atomic mass is 10.0. The number of amides is 3. The zero-order valence-electron chi connectivity index (χ0n) is 18.4. The molecule has 2 heterocycles. The molecule has 4 aromatic rings. The van der Waals surface area contributed by atoms with Gasteiger partial charge in [-0.25, -0.2) is 9.78 Å². The lowest BCUT2D eigenvalue weighted by Crippen LogP contribution is -2.39. The summed E-state index contributed by atoms with van der Waals surface area (Å²) in [4.78, 5) is 42.4. The van der Waals surface area contributed by atoms with E-state index in [-0.39, 0.29) is 18.5 Å². The minimum atomic E-state index is -0.570. The Morgan fingerprint density at radius 1 is 1.06 bits per heavy atom. The highest BCUT2D eigenvalue weighted by Crippen LogP contribution is 2.31. The predicted octanol–water partition coefficient (Wildman–Crippen LogP) is 4.16. The number of hydrogen-bond donors (Lipinski definition) is 2. The van der Waals surface area contributed by atoms with Gasteiger partial charge in [-0.2, -0.15) is 0 Å². The topological polar surface area (TPSA) is 93.1 Å². The molecule has 2 aromatic heterocycles. The van der Waals surface area contributed by atoms with E-state index in [0.29, 0.717) is 16.8 Å². The quantitative estimate of drug-likeness (QED) is 0.452.